The van der Waals surface area contributed by atoms with E-state index in [2.05, 4.69) is 47.8 Å². The average molecular weight is 447 g/mol. The van der Waals surface area contributed by atoms with Crippen LogP contribution in [0.1, 0.15) is 11.5 Å². The van der Waals surface area contributed by atoms with Gasteiger partial charge in [0, 0.05) is 17.1 Å². The van der Waals surface area contributed by atoms with E-state index >= 15 is 0 Å². The maximum atomic E-state index is 10.6. The number of rotatable bonds is 4. The van der Waals surface area contributed by atoms with Crippen molar-refractivity contribution in [2.75, 3.05) is 6.54 Å². The Morgan fingerprint density at radius 1 is 1.11 bits per heavy atom. The van der Waals surface area contributed by atoms with Gasteiger partial charge in [0.15, 0.2) is 0 Å². The number of alkyl halides is 3. The minimum absolute atomic E-state index is 0.0529. The number of nitrogens with zero attached hydrogens (tertiary/aromatic N) is 2. The molecule has 98 valence electrons. The van der Waals surface area contributed by atoms with Gasteiger partial charge < -0.3 is 0 Å². The lowest BCUT2D eigenvalue weighted by atomic mass is 10.0. The maximum absolute atomic E-state index is 10.6. The molecule has 1 aromatic carbocycles. The molecule has 9 heteroatoms. The third kappa shape index (κ3) is 4.29. The second-order valence-corrected chi connectivity index (χ2v) is 10.4. The van der Waals surface area contributed by atoms with Crippen molar-refractivity contribution in [1.29, 1.82) is 0 Å². The van der Waals surface area contributed by atoms with Gasteiger partial charge in [-0.2, -0.15) is 0 Å². The first kappa shape index (κ1) is 15.5. The summed E-state index contributed by atoms with van der Waals surface area (Å²) in [7, 11) is 0. The van der Waals surface area contributed by atoms with Crippen molar-refractivity contribution in [2.45, 2.75) is 8.06 Å². The number of nitro benzene ring substituents is 1. The molecule has 1 atom stereocenters. The van der Waals surface area contributed by atoms with Gasteiger partial charge >= 0.3 is 0 Å². The van der Waals surface area contributed by atoms with Gasteiger partial charge in [-0.1, -0.05) is 59.9 Å². The Balaban J connectivity index is 3.06. The second-order valence-electron chi connectivity index (χ2n) is 3.46. The van der Waals surface area contributed by atoms with Gasteiger partial charge in [0.05, 0.1) is 10.8 Å². The van der Waals surface area contributed by atoms with Crippen LogP contribution in [0.5, 0.6) is 0 Å². The quantitative estimate of drug-likeness (QED) is 0.400. The molecule has 0 aliphatic heterocycles. The first-order valence-electron chi connectivity index (χ1n) is 4.64. The third-order valence-electron chi connectivity index (χ3n) is 2.23. The molecule has 1 aromatic rings. The van der Waals surface area contributed by atoms with E-state index in [0.717, 1.165) is 0 Å². The van der Waals surface area contributed by atoms with Crippen molar-refractivity contribution in [3.05, 3.63) is 50.1 Å². The highest BCUT2D eigenvalue weighted by atomic mass is 80.0. The van der Waals surface area contributed by atoms with Crippen LogP contribution in [0.2, 0.25) is 0 Å². The summed E-state index contributed by atoms with van der Waals surface area (Å²) in [4.78, 5) is 20.2. The van der Waals surface area contributed by atoms with Crippen LogP contribution in [0, 0.1) is 20.2 Å². The molecule has 0 saturated carbocycles. The van der Waals surface area contributed by atoms with Crippen molar-refractivity contribution in [3.63, 3.8) is 0 Å². The van der Waals surface area contributed by atoms with E-state index < -0.39 is 17.9 Å². The summed E-state index contributed by atoms with van der Waals surface area (Å²) >= 11 is 9.76. The smallest absolute Gasteiger partial charge is 0.265 e. The number of non-ortho nitro benzene ring substituents is 1. The van der Waals surface area contributed by atoms with E-state index in [0.29, 0.717) is 5.56 Å². The van der Waals surface area contributed by atoms with E-state index in [1.54, 1.807) is 0 Å². The van der Waals surface area contributed by atoms with E-state index in [1.165, 1.54) is 24.3 Å². The van der Waals surface area contributed by atoms with Crippen LogP contribution < -0.4 is 0 Å². The molecule has 0 bridgehead atoms. The van der Waals surface area contributed by atoms with Crippen LogP contribution in [-0.2, 0) is 0 Å². The zero-order valence-corrected chi connectivity index (χ0v) is 13.5. The standard InChI is InChI=1S/C9H7Br3N2O4/c10-9(11,12)8(5-13(15)16)6-1-3-7(4-2-6)14(17)18/h1-4,8H,5H2. The minimum Gasteiger partial charge on any atom is -0.265 e. The van der Waals surface area contributed by atoms with Gasteiger partial charge in [0.1, 0.15) is 2.14 Å². The molecule has 6 nitrogen and oxygen atoms in total. The van der Waals surface area contributed by atoms with E-state index in [1.807, 2.05) is 0 Å². The molecule has 0 heterocycles. The number of nitro groups is 2. The van der Waals surface area contributed by atoms with Gasteiger partial charge in [-0.25, -0.2) is 0 Å². The molecule has 18 heavy (non-hydrogen) atoms. The summed E-state index contributed by atoms with van der Waals surface area (Å²) in [5, 5.41) is 21.2. The molecular formula is C9H7Br3N2O4. The molecule has 0 aliphatic rings. The van der Waals surface area contributed by atoms with Gasteiger partial charge in [-0.15, -0.1) is 0 Å². The highest BCUT2D eigenvalue weighted by Gasteiger charge is 2.36. The van der Waals surface area contributed by atoms with E-state index in [-0.39, 0.29) is 12.2 Å². The van der Waals surface area contributed by atoms with Gasteiger partial charge in [0.2, 0.25) is 6.54 Å². The molecule has 0 aliphatic carbocycles. The molecule has 0 amide bonds. The average Bonchev–Trinajstić information content (AvgIpc) is 2.24. The molecule has 0 aromatic heterocycles. The molecule has 0 fully saturated rings. The normalized spacial score (nSPS) is 13.1. The lowest BCUT2D eigenvalue weighted by Crippen LogP contribution is -2.23. The zero-order chi connectivity index (χ0) is 13.9. The number of hydrogen-bond acceptors (Lipinski definition) is 4. The SMILES string of the molecule is O=[N+]([O-])CC(c1ccc([N+](=O)[O-])cc1)C(Br)(Br)Br. The van der Waals surface area contributed by atoms with Gasteiger partial charge in [0.25, 0.3) is 5.69 Å². The Labute approximate surface area is 127 Å². The van der Waals surface area contributed by atoms with Crippen LogP contribution in [0.4, 0.5) is 5.69 Å². The highest BCUT2D eigenvalue weighted by Crippen LogP contribution is 2.46. The summed E-state index contributed by atoms with van der Waals surface area (Å²) in [6.07, 6.45) is 0. The summed E-state index contributed by atoms with van der Waals surface area (Å²) in [5.74, 6) is -0.520. The molecule has 0 N–H and O–H groups in total. The van der Waals surface area contributed by atoms with Crippen LogP contribution in [0.15, 0.2) is 24.3 Å². The maximum Gasteiger partial charge on any atom is 0.269 e. The summed E-state index contributed by atoms with van der Waals surface area (Å²) in [5.41, 5.74) is 0.561. The van der Waals surface area contributed by atoms with Crippen molar-refractivity contribution in [2.24, 2.45) is 0 Å². The van der Waals surface area contributed by atoms with Crippen LogP contribution in [0.3, 0.4) is 0 Å². The zero-order valence-electron chi connectivity index (χ0n) is 8.76. The Kier molecular flexibility index (Phi) is 5.23. The summed E-state index contributed by atoms with van der Waals surface area (Å²) in [6, 6.07) is 5.65. The predicted molar refractivity (Wildman–Crippen MR) is 77.2 cm³/mol. The minimum atomic E-state index is -0.837. The molecule has 0 radical (unpaired) electrons. The van der Waals surface area contributed by atoms with E-state index in [4.69, 9.17) is 0 Å². The summed E-state index contributed by atoms with van der Waals surface area (Å²) < 4.78 is -0.837. The summed E-state index contributed by atoms with van der Waals surface area (Å²) in [6.45, 7) is -0.320. The Morgan fingerprint density at radius 2 is 1.61 bits per heavy atom. The Hall–Kier alpha value is -0.540. The fourth-order valence-corrected chi connectivity index (χ4v) is 2.60. The number of halogens is 3. The monoisotopic (exact) mass is 444 g/mol. The van der Waals surface area contributed by atoms with Crippen molar-refractivity contribution >= 4 is 53.5 Å². The molecule has 1 unspecified atom stereocenters. The number of hydrogen-bond donors (Lipinski definition) is 0. The van der Waals surface area contributed by atoms with Crippen LogP contribution >= 0.6 is 47.8 Å². The number of benzene rings is 1. The van der Waals surface area contributed by atoms with Gasteiger partial charge in [-0.3, -0.25) is 20.2 Å². The first-order valence-corrected chi connectivity index (χ1v) is 7.02. The molecule has 0 spiro atoms. The molecule has 0 saturated heterocycles. The van der Waals surface area contributed by atoms with Crippen molar-refractivity contribution in [1.82, 2.24) is 0 Å². The van der Waals surface area contributed by atoms with Gasteiger partial charge in [-0.05, 0) is 5.56 Å². The van der Waals surface area contributed by atoms with Crippen molar-refractivity contribution in [3.8, 4) is 0 Å². The first-order chi connectivity index (χ1) is 8.21. The second kappa shape index (κ2) is 6.07. The third-order valence-corrected chi connectivity index (χ3v) is 3.89. The topological polar surface area (TPSA) is 86.3 Å². The van der Waals surface area contributed by atoms with Crippen LogP contribution in [0.25, 0.3) is 0 Å². The fourth-order valence-electron chi connectivity index (χ4n) is 1.38. The molecular weight excluding hydrogens is 440 g/mol. The van der Waals surface area contributed by atoms with Crippen LogP contribution in [-0.4, -0.2) is 18.5 Å². The Bertz CT molecular complexity index is 458. The lowest BCUT2D eigenvalue weighted by molar-refractivity contribution is -0.483. The largest absolute Gasteiger partial charge is 0.269 e. The highest BCUT2D eigenvalue weighted by molar-refractivity contribution is 9.39. The lowest BCUT2D eigenvalue weighted by Gasteiger charge is -2.22. The Morgan fingerprint density at radius 3 is 1.94 bits per heavy atom. The van der Waals surface area contributed by atoms with E-state index in [9.17, 15) is 20.2 Å². The molecule has 1 rings (SSSR count). The fraction of sp³-hybridized carbons (Fsp3) is 0.333. The van der Waals surface area contributed by atoms with Crippen molar-refractivity contribution < 1.29 is 9.85 Å². The predicted octanol–water partition coefficient (Wildman–Crippen LogP) is 3.79.